The molecule has 10 nitrogen and oxygen atoms in total. The molecule has 3 aromatic heterocycles. The second-order valence-corrected chi connectivity index (χ2v) is 9.97. The van der Waals surface area contributed by atoms with Gasteiger partial charge < -0.3 is 14.3 Å². The Bertz CT molecular complexity index is 1410. The zero-order chi connectivity index (χ0) is 24.7. The first-order valence-electron chi connectivity index (χ1n) is 11.7. The molecule has 1 N–H and O–H groups in total. The minimum absolute atomic E-state index is 0.134. The highest BCUT2D eigenvalue weighted by molar-refractivity contribution is 5.91. The number of carbonyl (C=O) groups is 1. The number of pyridine rings is 1. The van der Waals surface area contributed by atoms with E-state index in [1.54, 1.807) is 21.7 Å². The van der Waals surface area contributed by atoms with Gasteiger partial charge in [-0.25, -0.2) is 4.68 Å². The number of aryl methyl sites for hydroxylation is 1. The van der Waals surface area contributed by atoms with E-state index >= 15 is 0 Å². The molecule has 0 spiro atoms. The number of benzene rings is 1. The Balaban J connectivity index is 1.54. The molecule has 0 unspecified atom stereocenters. The Hall–Kier alpha value is -3.79. The van der Waals surface area contributed by atoms with Crippen molar-refractivity contribution in [3.05, 3.63) is 75.7 Å². The van der Waals surface area contributed by atoms with Crippen molar-refractivity contribution in [3.63, 3.8) is 0 Å². The molecule has 4 aromatic rings. The summed E-state index contributed by atoms with van der Waals surface area (Å²) in [7, 11) is 0. The summed E-state index contributed by atoms with van der Waals surface area (Å²) in [5.74, 6) is 0.790. The molecule has 0 radical (unpaired) electrons. The van der Waals surface area contributed by atoms with Gasteiger partial charge in [0, 0.05) is 37.3 Å². The zero-order valence-electron chi connectivity index (χ0n) is 20.4. The van der Waals surface area contributed by atoms with Crippen molar-refractivity contribution >= 4 is 16.8 Å². The van der Waals surface area contributed by atoms with Crippen LogP contribution in [0.4, 0.5) is 0 Å². The van der Waals surface area contributed by atoms with Gasteiger partial charge in [0.2, 0.25) is 0 Å². The van der Waals surface area contributed by atoms with Gasteiger partial charge in [0.05, 0.1) is 11.8 Å². The van der Waals surface area contributed by atoms with E-state index in [0.717, 1.165) is 16.5 Å². The van der Waals surface area contributed by atoms with Crippen molar-refractivity contribution in [2.24, 2.45) is 0 Å². The highest BCUT2D eigenvalue weighted by Gasteiger charge is 2.36. The van der Waals surface area contributed by atoms with Crippen molar-refractivity contribution < 1.29 is 9.21 Å². The number of nitrogens with zero attached hydrogens (tertiary/aromatic N) is 6. The summed E-state index contributed by atoms with van der Waals surface area (Å²) >= 11 is 0. The Morgan fingerprint density at radius 1 is 1.11 bits per heavy atom. The largest absolute Gasteiger partial charge is 0.459 e. The van der Waals surface area contributed by atoms with Crippen LogP contribution >= 0.6 is 0 Å². The van der Waals surface area contributed by atoms with Gasteiger partial charge in [-0.15, -0.1) is 5.10 Å². The third-order valence-corrected chi connectivity index (χ3v) is 6.40. The van der Waals surface area contributed by atoms with Crippen LogP contribution in [0.25, 0.3) is 10.9 Å². The van der Waals surface area contributed by atoms with Gasteiger partial charge in [-0.3, -0.25) is 14.5 Å². The second-order valence-electron chi connectivity index (χ2n) is 9.97. The number of piperazine rings is 1. The molecular formula is C25H29N7O3. The molecule has 1 aliphatic heterocycles. The standard InChI is InChI=1S/C25H29N7O3/c1-16-7-8-19-17(14-16)15-18(23(33)26-19)21(22-27-28-29-32(22)25(2,3)4)30-9-11-31(12-10-30)24(34)20-6-5-13-35-20/h5-8,13-15,21H,9-12H2,1-4H3,(H,26,33)/t21-/m1/s1. The van der Waals surface area contributed by atoms with E-state index in [9.17, 15) is 9.59 Å². The van der Waals surface area contributed by atoms with E-state index in [4.69, 9.17) is 4.42 Å². The molecule has 1 atom stereocenters. The van der Waals surface area contributed by atoms with Crippen molar-refractivity contribution in [3.8, 4) is 0 Å². The predicted molar refractivity (Wildman–Crippen MR) is 130 cm³/mol. The molecule has 0 bridgehead atoms. The van der Waals surface area contributed by atoms with Gasteiger partial charge in [-0.1, -0.05) is 11.6 Å². The summed E-state index contributed by atoms with van der Waals surface area (Å²) < 4.78 is 7.07. The van der Waals surface area contributed by atoms with E-state index in [1.807, 2.05) is 45.9 Å². The van der Waals surface area contributed by atoms with E-state index in [0.29, 0.717) is 43.3 Å². The number of hydrogen-bond donors (Lipinski definition) is 1. The summed E-state index contributed by atoms with van der Waals surface area (Å²) in [6, 6.07) is 10.8. The summed E-state index contributed by atoms with van der Waals surface area (Å²) in [4.78, 5) is 33.1. The minimum Gasteiger partial charge on any atom is -0.459 e. The number of nitrogens with one attached hydrogen (secondary N) is 1. The minimum atomic E-state index is -0.473. The van der Waals surface area contributed by atoms with Gasteiger partial charge in [0.1, 0.15) is 6.04 Å². The number of furan rings is 1. The van der Waals surface area contributed by atoms with E-state index in [1.165, 1.54) is 6.26 Å². The molecule has 5 rings (SSSR count). The molecule has 1 aromatic carbocycles. The number of tetrazole rings is 1. The molecule has 1 amide bonds. The van der Waals surface area contributed by atoms with E-state index in [2.05, 4.69) is 31.5 Å². The van der Waals surface area contributed by atoms with Crippen molar-refractivity contribution in [2.75, 3.05) is 26.2 Å². The first-order chi connectivity index (χ1) is 16.7. The van der Waals surface area contributed by atoms with Crippen LogP contribution in [0.1, 0.15) is 54.3 Å². The van der Waals surface area contributed by atoms with Gasteiger partial charge in [-0.05, 0) is 73.8 Å². The molecule has 0 aliphatic carbocycles. The number of hydrogen-bond acceptors (Lipinski definition) is 7. The van der Waals surface area contributed by atoms with Crippen molar-refractivity contribution in [2.45, 2.75) is 39.3 Å². The smallest absolute Gasteiger partial charge is 0.289 e. The van der Waals surface area contributed by atoms with Crippen molar-refractivity contribution in [1.82, 2.24) is 35.0 Å². The van der Waals surface area contributed by atoms with Crippen molar-refractivity contribution in [1.29, 1.82) is 0 Å². The Labute approximate surface area is 202 Å². The summed E-state index contributed by atoms with van der Waals surface area (Å²) in [6.45, 7) is 10.2. The lowest BCUT2D eigenvalue weighted by Crippen LogP contribution is -2.51. The number of H-pyrrole nitrogens is 1. The van der Waals surface area contributed by atoms with Crippen LogP contribution < -0.4 is 5.56 Å². The molecule has 4 heterocycles. The fourth-order valence-corrected chi connectivity index (χ4v) is 4.63. The molecule has 1 saturated heterocycles. The molecule has 1 fully saturated rings. The monoisotopic (exact) mass is 475 g/mol. The summed E-state index contributed by atoms with van der Waals surface area (Å²) in [5.41, 5.74) is 1.91. The van der Waals surface area contributed by atoms with E-state index in [-0.39, 0.29) is 17.0 Å². The van der Waals surface area contributed by atoms with Crippen LogP contribution in [0.5, 0.6) is 0 Å². The molecule has 35 heavy (non-hydrogen) atoms. The SMILES string of the molecule is Cc1ccc2[nH]c(=O)c([C@H](c3nnnn3C(C)(C)C)N3CCN(C(=O)c4ccco4)CC3)cc2c1. The average Bonchev–Trinajstić information content (AvgIpc) is 3.52. The Kier molecular flexibility index (Phi) is 5.76. The molecule has 1 aliphatic rings. The lowest BCUT2D eigenvalue weighted by atomic mass is 10.0. The van der Waals surface area contributed by atoms with Crippen LogP contribution in [-0.4, -0.2) is 67.1 Å². The molecule has 0 saturated carbocycles. The normalized spacial score (nSPS) is 16.1. The lowest BCUT2D eigenvalue weighted by molar-refractivity contribution is 0.0555. The predicted octanol–water partition coefficient (Wildman–Crippen LogP) is 2.72. The first kappa shape index (κ1) is 23.0. The number of rotatable bonds is 4. The van der Waals surface area contributed by atoms with Gasteiger partial charge in [0.15, 0.2) is 11.6 Å². The topological polar surface area (TPSA) is 113 Å². The van der Waals surface area contributed by atoms with Gasteiger partial charge in [0.25, 0.3) is 11.5 Å². The Morgan fingerprint density at radius 2 is 1.89 bits per heavy atom. The maximum atomic E-state index is 13.3. The van der Waals surface area contributed by atoms with Crippen LogP contribution in [-0.2, 0) is 5.54 Å². The fraction of sp³-hybridized carbons (Fsp3) is 0.400. The van der Waals surface area contributed by atoms with Gasteiger partial charge in [-0.2, -0.15) is 0 Å². The summed E-state index contributed by atoms with van der Waals surface area (Å²) in [5, 5.41) is 13.5. The maximum Gasteiger partial charge on any atom is 0.289 e. The first-order valence-corrected chi connectivity index (χ1v) is 11.7. The van der Waals surface area contributed by atoms with Crippen LogP contribution in [0.2, 0.25) is 0 Å². The fourth-order valence-electron chi connectivity index (χ4n) is 4.63. The quantitative estimate of drug-likeness (QED) is 0.483. The lowest BCUT2D eigenvalue weighted by Gasteiger charge is -2.39. The summed E-state index contributed by atoms with van der Waals surface area (Å²) in [6.07, 6.45) is 1.50. The van der Waals surface area contributed by atoms with Gasteiger partial charge >= 0.3 is 0 Å². The number of aromatic nitrogens is 5. The average molecular weight is 476 g/mol. The van der Waals surface area contributed by atoms with Crippen LogP contribution in [0.15, 0.2) is 51.9 Å². The molecular weight excluding hydrogens is 446 g/mol. The number of fused-ring (bicyclic) bond motifs is 1. The molecule has 182 valence electrons. The number of amides is 1. The van der Waals surface area contributed by atoms with Crippen LogP contribution in [0.3, 0.4) is 0 Å². The number of carbonyl (C=O) groups excluding carboxylic acids is 1. The Morgan fingerprint density at radius 3 is 2.57 bits per heavy atom. The highest BCUT2D eigenvalue weighted by atomic mass is 16.3. The maximum absolute atomic E-state index is 13.3. The zero-order valence-corrected chi connectivity index (χ0v) is 20.4. The van der Waals surface area contributed by atoms with E-state index < -0.39 is 6.04 Å². The molecule has 10 heteroatoms. The third kappa shape index (κ3) is 4.37. The second kappa shape index (κ2) is 8.77. The highest BCUT2D eigenvalue weighted by Crippen LogP contribution is 2.30. The van der Waals surface area contributed by atoms with Crippen LogP contribution in [0, 0.1) is 6.92 Å². The number of aromatic amines is 1. The third-order valence-electron chi connectivity index (χ3n) is 6.40.